The van der Waals surface area contributed by atoms with Gasteiger partial charge in [0.1, 0.15) is 69.0 Å². The molecule has 0 unspecified atom stereocenters. The molecule has 0 amide bonds. The first kappa shape index (κ1) is 40.4. The van der Waals surface area contributed by atoms with E-state index in [0.717, 1.165) is 0 Å². The second kappa shape index (κ2) is 19.1. The summed E-state index contributed by atoms with van der Waals surface area (Å²) in [6, 6.07) is 66.2. The molecule has 10 nitrogen and oxygen atoms in total. The number of nitrogens with two attached hydrogens (primary N) is 2. The van der Waals surface area contributed by atoms with Crippen molar-refractivity contribution in [3.63, 3.8) is 0 Å². The Kier molecular flexibility index (Phi) is 12.1. The van der Waals surface area contributed by atoms with Crippen molar-refractivity contribution in [1.29, 1.82) is 0 Å². The van der Waals surface area contributed by atoms with Crippen LogP contribution >= 0.6 is 0 Å². The van der Waals surface area contributed by atoms with E-state index in [4.69, 9.17) is 49.4 Å². The number of rotatable bonds is 16. The van der Waals surface area contributed by atoms with Gasteiger partial charge in [-0.25, -0.2) is 0 Å². The van der Waals surface area contributed by atoms with Gasteiger partial charge in [0.25, 0.3) is 0 Å². The van der Waals surface area contributed by atoms with Crippen molar-refractivity contribution in [2.45, 2.75) is 0 Å². The first-order valence-electron chi connectivity index (χ1n) is 20.3. The van der Waals surface area contributed by atoms with Crippen molar-refractivity contribution in [2.75, 3.05) is 11.5 Å². The summed E-state index contributed by atoms with van der Waals surface area (Å²) in [6.45, 7) is 0. The van der Waals surface area contributed by atoms with E-state index in [2.05, 4.69) is 0 Å². The average molecular weight is 845 g/mol. The maximum atomic E-state index is 6.34. The zero-order chi connectivity index (χ0) is 43.5. The number of nitrogen functional groups attached to an aromatic ring is 2. The molecule has 0 saturated carbocycles. The third-order valence-corrected chi connectivity index (χ3v) is 9.44. The summed E-state index contributed by atoms with van der Waals surface area (Å²) in [5.74, 6) is 9.22. The molecule has 64 heavy (non-hydrogen) atoms. The first-order valence-corrected chi connectivity index (χ1v) is 20.3. The molecular formula is C54H40N2O8. The fourth-order valence-electron chi connectivity index (χ4n) is 6.37. The maximum absolute atomic E-state index is 6.34. The van der Waals surface area contributed by atoms with Crippen LogP contribution in [0.15, 0.2) is 218 Å². The van der Waals surface area contributed by atoms with Crippen molar-refractivity contribution < 1.29 is 37.9 Å². The Morgan fingerprint density at radius 3 is 0.703 bits per heavy atom. The summed E-state index contributed by atoms with van der Waals surface area (Å²) >= 11 is 0. The van der Waals surface area contributed by atoms with Crippen LogP contribution in [0.3, 0.4) is 0 Å². The third kappa shape index (κ3) is 10.5. The number of hydrogen-bond donors (Lipinski definition) is 2. The van der Waals surface area contributed by atoms with Crippen LogP contribution < -0.4 is 49.4 Å². The average Bonchev–Trinajstić information content (AvgIpc) is 3.31. The molecule has 0 radical (unpaired) electrons. The lowest BCUT2D eigenvalue weighted by molar-refractivity contribution is 0.407. The van der Waals surface area contributed by atoms with Gasteiger partial charge in [-0.2, -0.15) is 0 Å². The Morgan fingerprint density at radius 2 is 0.406 bits per heavy atom. The minimum atomic E-state index is 0.519. The minimum Gasteiger partial charge on any atom is -0.457 e. The molecule has 9 aromatic rings. The topological polar surface area (TPSA) is 126 Å². The zero-order valence-corrected chi connectivity index (χ0v) is 34.2. The van der Waals surface area contributed by atoms with Gasteiger partial charge in [-0.3, -0.25) is 0 Å². The first-order chi connectivity index (χ1) is 31.5. The molecule has 0 bridgehead atoms. The zero-order valence-electron chi connectivity index (χ0n) is 34.2. The van der Waals surface area contributed by atoms with Crippen LogP contribution in [-0.4, -0.2) is 0 Å². The highest BCUT2D eigenvalue weighted by atomic mass is 16.5. The number of benzene rings is 9. The number of anilines is 2. The van der Waals surface area contributed by atoms with Gasteiger partial charge in [-0.05, 0) is 133 Å². The van der Waals surface area contributed by atoms with Crippen molar-refractivity contribution in [2.24, 2.45) is 0 Å². The molecule has 0 fully saturated rings. The van der Waals surface area contributed by atoms with E-state index >= 15 is 0 Å². The Balaban J connectivity index is 0.810. The number of ether oxygens (including phenoxy) is 8. The van der Waals surface area contributed by atoms with Crippen LogP contribution in [0.2, 0.25) is 0 Å². The molecule has 9 aromatic carbocycles. The summed E-state index contributed by atoms with van der Waals surface area (Å²) in [7, 11) is 0. The molecule has 9 rings (SSSR count). The van der Waals surface area contributed by atoms with E-state index < -0.39 is 0 Å². The quantitative estimate of drug-likeness (QED) is 0.0908. The molecule has 0 saturated heterocycles. The van der Waals surface area contributed by atoms with E-state index in [9.17, 15) is 0 Å². The van der Waals surface area contributed by atoms with Crippen LogP contribution in [0.25, 0.3) is 0 Å². The lowest BCUT2D eigenvalue weighted by Gasteiger charge is -2.15. The normalized spacial score (nSPS) is 10.6. The summed E-state index contributed by atoms with van der Waals surface area (Å²) in [5.41, 5.74) is 13.2. The molecule has 10 heteroatoms. The summed E-state index contributed by atoms with van der Waals surface area (Å²) in [4.78, 5) is 0. The van der Waals surface area contributed by atoms with Crippen molar-refractivity contribution in [3.05, 3.63) is 218 Å². The van der Waals surface area contributed by atoms with E-state index in [1.54, 1.807) is 30.3 Å². The van der Waals surface area contributed by atoms with E-state index in [0.29, 0.717) is 103 Å². The van der Waals surface area contributed by atoms with Crippen molar-refractivity contribution in [3.8, 4) is 92.0 Å². The van der Waals surface area contributed by atoms with Crippen molar-refractivity contribution in [1.82, 2.24) is 0 Å². The van der Waals surface area contributed by atoms with Gasteiger partial charge in [-0.15, -0.1) is 0 Å². The lowest BCUT2D eigenvalue weighted by atomic mass is 10.2. The lowest BCUT2D eigenvalue weighted by Crippen LogP contribution is -1.93. The third-order valence-electron chi connectivity index (χ3n) is 9.44. The Bertz CT molecular complexity index is 2790. The van der Waals surface area contributed by atoms with Gasteiger partial charge < -0.3 is 49.4 Å². The molecule has 0 heterocycles. The predicted octanol–water partition coefficient (Wildman–Crippen LogP) is 15.2. The summed E-state index contributed by atoms with van der Waals surface area (Å²) in [5, 5.41) is 0. The Morgan fingerprint density at radius 1 is 0.188 bits per heavy atom. The molecule has 0 aromatic heterocycles. The maximum Gasteiger partial charge on any atom is 0.169 e. The molecular weight excluding hydrogens is 805 g/mol. The van der Waals surface area contributed by atoms with Crippen LogP contribution in [0.5, 0.6) is 92.0 Å². The van der Waals surface area contributed by atoms with Gasteiger partial charge in [0.15, 0.2) is 23.0 Å². The van der Waals surface area contributed by atoms with Crippen molar-refractivity contribution >= 4 is 11.4 Å². The number of para-hydroxylation sites is 8. The van der Waals surface area contributed by atoms with Crippen LogP contribution in [-0.2, 0) is 0 Å². The SMILES string of the molecule is Nc1ccccc1Oc1cccc(Oc2ccc(Oc3ccccc3Oc3cccc(Oc4ccccc4Oc4ccc(Oc5cccc(Oc6ccccc6N)c5)cc4)c3)cc2)c1. The standard InChI is InChI=1S/C54H40N2O8/c55-47-18-1-3-20-49(47)61-43-14-9-12-41(34-43)57-37-26-30-39(31-27-37)59-51-22-5-7-24-53(51)63-45-16-11-17-46(36-45)64-54-25-8-6-23-52(54)60-40-32-28-38(29-33-40)58-42-13-10-15-44(35-42)62-50-21-4-2-19-48(50)56/h1-36H,55-56H2. The van der Waals surface area contributed by atoms with Gasteiger partial charge in [0.2, 0.25) is 0 Å². The minimum absolute atomic E-state index is 0.519. The van der Waals surface area contributed by atoms with Gasteiger partial charge in [-0.1, -0.05) is 66.7 Å². The predicted molar refractivity (Wildman–Crippen MR) is 247 cm³/mol. The smallest absolute Gasteiger partial charge is 0.169 e. The van der Waals surface area contributed by atoms with Gasteiger partial charge in [0.05, 0.1) is 11.4 Å². The summed E-state index contributed by atoms with van der Waals surface area (Å²) in [6.07, 6.45) is 0. The monoisotopic (exact) mass is 844 g/mol. The van der Waals surface area contributed by atoms with Gasteiger partial charge >= 0.3 is 0 Å². The van der Waals surface area contributed by atoms with Gasteiger partial charge in [0, 0.05) is 18.2 Å². The van der Waals surface area contributed by atoms with Crippen LogP contribution in [0, 0.1) is 0 Å². The van der Waals surface area contributed by atoms with E-state index in [-0.39, 0.29) is 0 Å². The molecule has 0 atom stereocenters. The Hall–Kier alpha value is -9.02. The molecule has 0 aliphatic heterocycles. The molecule has 4 N–H and O–H groups in total. The van der Waals surface area contributed by atoms with Crippen LogP contribution in [0.4, 0.5) is 11.4 Å². The Labute approximate surface area is 369 Å². The second-order valence-corrected chi connectivity index (χ2v) is 14.2. The molecule has 0 aliphatic carbocycles. The highest BCUT2D eigenvalue weighted by molar-refractivity contribution is 5.56. The fraction of sp³-hybridized carbons (Fsp3) is 0. The highest BCUT2D eigenvalue weighted by Crippen LogP contribution is 2.40. The summed E-state index contributed by atoms with van der Waals surface area (Å²) < 4.78 is 49.3. The van der Waals surface area contributed by atoms with E-state index in [1.165, 1.54) is 0 Å². The second-order valence-electron chi connectivity index (χ2n) is 14.2. The van der Waals surface area contributed by atoms with E-state index in [1.807, 2.05) is 188 Å². The fourth-order valence-corrected chi connectivity index (χ4v) is 6.37. The molecule has 0 spiro atoms. The molecule has 314 valence electrons. The molecule has 0 aliphatic rings. The number of hydrogen-bond acceptors (Lipinski definition) is 10. The van der Waals surface area contributed by atoms with Crippen LogP contribution in [0.1, 0.15) is 0 Å². The largest absolute Gasteiger partial charge is 0.457 e. The highest BCUT2D eigenvalue weighted by Gasteiger charge is 2.13.